The number of hydrogen-bond donors (Lipinski definition) is 1. The van der Waals surface area contributed by atoms with Gasteiger partial charge >= 0.3 is 5.97 Å². The maximum absolute atomic E-state index is 12.4. The van der Waals surface area contributed by atoms with Gasteiger partial charge in [-0.25, -0.2) is 4.79 Å². The molecule has 0 aliphatic rings. The van der Waals surface area contributed by atoms with E-state index in [0.717, 1.165) is 0 Å². The third-order valence-corrected chi connectivity index (χ3v) is 9.47. The minimum atomic E-state index is -2.27. The van der Waals surface area contributed by atoms with E-state index in [4.69, 9.17) is 18.6 Å². The van der Waals surface area contributed by atoms with Crippen LogP contribution in [0.1, 0.15) is 31.1 Å². The van der Waals surface area contributed by atoms with Crippen LogP contribution in [0.3, 0.4) is 0 Å². The Bertz CT molecular complexity index is 867. The second kappa shape index (κ2) is 7.30. The van der Waals surface area contributed by atoms with Gasteiger partial charge in [-0.2, -0.15) is 0 Å². The predicted octanol–water partition coefficient (Wildman–Crippen LogP) is 4.73. The van der Waals surface area contributed by atoms with Gasteiger partial charge in [0.15, 0.2) is 0 Å². The third-order valence-electron chi connectivity index (χ3n) is 5.13. The van der Waals surface area contributed by atoms with Crippen molar-refractivity contribution in [3.8, 4) is 23.0 Å². The average Bonchev–Trinajstić information content (AvgIpc) is 2.58. The highest BCUT2D eigenvalue weighted by Gasteiger charge is 2.40. The number of methoxy groups -OCH3 is 3. The van der Waals surface area contributed by atoms with Gasteiger partial charge in [0.05, 0.1) is 26.7 Å². The molecule has 148 valence electrons. The first-order chi connectivity index (χ1) is 12.5. The van der Waals surface area contributed by atoms with Gasteiger partial charge < -0.3 is 23.7 Å². The summed E-state index contributed by atoms with van der Waals surface area (Å²) in [6, 6.07) is 5.14. The van der Waals surface area contributed by atoms with Gasteiger partial charge in [-0.15, -0.1) is 0 Å². The van der Waals surface area contributed by atoms with E-state index in [1.807, 2.05) is 0 Å². The highest BCUT2D eigenvalue weighted by atomic mass is 28.4. The lowest BCUT2D eigenvalue weighted by Gasteiger charge is -2.37. The van der Waals surface area contributed by atoms with E-state index in [9.17, 15) is 9.90 Å². The molecule has 0 saturated heterocycles. The van der Waals surface area contributed by atoms with Crippen LogP contribution in [0.4, 0.5) is 0 Å². The number of rotatable bonds is 5. The lowest BCUT2D eigenvalue weighted by molar-refractivity contribution is 0.0595. The molecule has 0 aliphatic carbocycles. The summed E-state index contributed by atoms with van der Waals surface area (Å²) in [5.41, 5.74) is -0.00158. The van der Waals surface area contributed by atoms with Crippen LogP contribution in [0.25, 0.3) is 10.8 Å². The van der Waals surface area contributed by atoms with Crippen molar-refractivity contribution in [1.29, 1.82) is 0 Å². The van der Waals surface area contributed by atoms with Gasteiger partial charge in [-0.1, -0.05) is 20.8 Å². The fourth-order valence-corrected chi connectivity index (χ4v) is 3.54. The molecule has 0 heterocycles. The number of ether oxygens (including phenoxy) is 3. The van der Waals surface area contributed by atoms with Crippen LogP contribution in [0.2, 0.25) is 18.1 Å². The quantitative estimate of drug-likeness (QED) is 0.585. The Hall–Kier alpha value is -2.41. The highest BCUT2D eigenvalue weighted by molar-refractivity contribution is 6.74. The smallest absolute Gasteiger partial charge is 0.345 e. The van der Waals surface area contributed by atoms with Crippen molar-refractivity contribution in [3.63, 3.8) is 0 Å². The topological polar surface area (TPSA) is 74.2 Å². The Morgan fingerprint density at radius 2 is 1.63 bits per heavy atom. The van der Waals surface area contributed by atoms with Crippen LogP contribution >= 0.6 is 0 Å². The molecule has 0 aromatic heterocycles. The van der Waals surface area contributed by atoms with Crippen molar-refractivity contribution in [1.82, 2.24) is 0 Å². The van der Waals surface area contributed by atoms with Gasteiger partial charge in [0.25, 0.3) is 8.32 Å². The molecule has 2 aromatic rings. The predicted molar refractivity (Wildman–Crippen MR) is 108 cm³/mol. The SMILES string of the molecule is COC(=O)c1c(O[Si](C)(C)C(C)(C)C)cc2cc(OC)cc(OC)c2c1O. The molecular formula is C20H28O6Si. The van der Waals surface area contributed by atoms with E-state index in [1.165, 1.54) is 14.2 Å². The highest BCUT2D eigenvalue weighted by Crippen LogP contribution is 2.45. The number of esters is 1. The Balaban J connectivity index is 2.84. The summed E-state index contributed by atoms with van der Waals surface area (Å²) >= 11 is 0. The zero-order valence-corrected chi connectivity index (χ0v) is 18.2. The molecule has 0 saturated carbocycles. The van der Waals surface area contributed by atoms with Gasteiger partial charge in [0, 0.05) is 6.07 Å². The maximum atomic E-state index is 12.4. The van der Waals surface area contributed by atoms with Crippen LogP contribution in [-0.2, 0) is 4.74 Å². The summed E-state index contributed by atoms with van der Waals surface area (Å²) < 4.78 is 22.0. The number of carbonyl (C=O) groups is 1. The normalized spacial score (nSPS) is 12.0. The van der Waals surface area contributed by atoms with E-state index in [-0.39, 0.29) is 16.4 Å². The number of phenolic OH excluding ortho intramolecular Hbond substituents is 1. The Labute approximate surface area is 161 Å². The first-order valence-corrected chi connectivity index (χ1v) is 11.6. The molecule has 0 unspecified atom stereocenters. The summed E-state index contributed by atoms with van der Waals surface area (Å²) in [5.74, 6) is 0.371. The fraction of sp³-hybridized carbons (Fsp3) is 0.450. The molecule has 27 heavy (non-hydrogen) atoms. The Morgan fingerprint density at radius 1 is 1.00 bits per heavy atom. The summed E-state index contributed by atoms with van der Waals surface area (Å²) in [7, 11) is 2.04. The van der Waals surface area contributed by atoms with Crippen molar-refractivity contribution in [3.05, 3.63) is 23.8 Å². The third kappa shape index (κ3) is 3.83. The lowest BCUT2D eigenvalue weighted by atomic mass is 10.0. The summed E-state index contributed by atoms with van der Waals surface area (Å²) in [6.45, 7) is 10.4. The molecule has 6 nitrogen and oxygen atoms in total. The van der Waals surface area contributed by atoms with Crippen LogP contribution in [0, 0.1) is 0 Å². The van der Waals surface area contributed by atoms with Crippen LogP contribution < -0.4 is 13.9 Å². The average molecular weight is 393 g/mol. The van der Waals surface area contributed by atoms with Gasteiger partial charge in [0.2, 0.25) is 0 Å². The van der Waals surface area contributed by atoms with Crippen LogP contribution in [0.15, 0.2) is 18.2 Å². The van der Waals surface area contributed by atoms with Crippen LogP contribution in [0.5, 0.6) is 23.0 Å². The number of carbonyl (C=O) groups excluding carboxylic acids is 1. The summed E-state index contributed by atoms with van der Waals surface area (Å²) in [4.78, 5) is 12.4. The molecule has 0 fully saturated rings. The molecule has 0 spiro atoms. The number of phenols is 1. The van der Waals surface area contributed by atoms with Gasteiger partial charge in [-0.05, 0) is 35.7 Å². The lowest BCUT2D eigenvalue weighted by Crippen LogP contribution is -2.44. The number of benzene rings is 2. The van der Waals surface area contributed by atoms with Crippen molar-refractivity contribution < 1.29 is 28.5 Å². The van der Waals surface area contributed by atoms with Crippen molar-refractivity contribution in [2.24, 2.45) is 0 Å². The van der Waals surface area contributed by atoms with Crippen molar-refractivity contribution >= 4 is 25.1 Å². The molecule has 2 rings (SSSR count). The molecule has 2 aromatic carbocycles. The van der Waals surface area contributed by atoms with E-state index in [2.05, 4.69) is 33.9 Å². The molecular weight excluding hydrogens is 364 g/mol. The molecule has 0 amide bonds. The van der Waals surface area contributed by atoms with Gasteiger partial charge in [0.1, 0.15) is 28.6 Å². The first kappa shape index (κ1) is 20.9. The largest absolute Gasteiger partial charge is 0.543 e. The molecule has 1 N–H and O–H groups in total. The van der Waals surface area contributed by atoms with Crippen molar-refractivity contribution in [2.45, 2.75) is 38.9 Å². The number of hydrogen-bond acceptors (Lipinski definition) is 6. The van der Waals surface area contributed by atoms with Crippen LogP contribution in [-0.4, -0.2) is 40.7 Å². The summed E-state index contributed by atoms with van der Waals surface area (Å²) in [6.07, 6.45) is 0. The molecule has 0 atom stereocenters. The standard InChI is InChI=1S/C20H28O6Si/c1-20(2,3)27(7,8)26-15-10-12-9-13(23-4)11-14(24-5)16(12)18(21)17(15)19(22)25-6/h9-11,21H,1-8H3. The number of fused-ring (bicyclic) bond motifs is 1. The minimum Gasteiger partial charge on any atom is -0.543 e. The minimum absolute atomic E-state index is 0.00158. The monoisotopic (exact) mass is 392 g/mol. The first-order valence-electron chi connectivity index (χ1n) is 8.66. The summed E-state index contributed by atoms with van der Waals surface area (Å²) in [5, 5.41) is 11.9. The zero-order valence-electron chi connectivity index (χ0n) is 17.2. The van der Waals surface area contributed by atoms with E-state index < -0.39 is 14.3 Å². The van der Waals surface area contributed by atoms with Gasteiger partial charge in [-0.3, -0.25) is 0 Å². The maximum Gasteiger partial charge on any atom is 0.345 e. The zero-order chi connectivity index (χ0) is 20.6. The Morgan fingerprint density at radius 3 is 2.11 bits per heavy atom. The molecule has 0 aliphatic heterocycles. The fourth-order valence-electron chi connectivity index (χ4n) is 2.52. The molecule has 0 bridgehead atoms. The van der Waals surface area contributed by atoms with E-state index in [1.54, 1.807) is 25.3 Å². The second-order valence-electron chi connectivity index (χ2n) is 7.88. The van der Waals surface area contributed by atoms with Crippen molar-refractivity contribution in [2.75, 3.05) is 21.3 Å². The molecule has 7 heteroatoms. The Kier molecular flexibility index (Phi) is 5.65. The molecule has 0 radical (unpaired) electrons. The second-order valence-corrected chi connectivity index (χ2v) is 12.6. The number of aromatic hydroxyl groups is 1. The van der Waals surface area contributed by atoms with E-state index in [0.29, 0.717) is 28.0 Å². The van der Waals surface area contributed by atoms with E-state index >= 15 is 0 Å².